The number of furan rings is 1. The van der Waals surface area contributed by atoms with Crippen molar-refractivity contribution in [3.05, 3.63) is 65.5 Å². The summed E-state index contributed by atoms with van der Waals surface area (Å²) in [5, 5.41) is 6.30. The maximum atomic E-state index is 12.2. The highest BCUT2D eigenvalue weighted by Crippen LogP contribution is 2.30. The molecular weight excluding hydrogens is 348 g/mol. The van der Waals surface area contributed by atoms with Gasteiger partial charge in [-0.3, -0.25) is 4.79 Å². The highest BCUT2D eigenvalue weighted by molar-refractivity contribution is 7.14. The van der Waals surface area contributed by atoms with Crippen LogP contribution in [0.3, 0.4) is 0 Å². The minimum Gasteiger partial charge on any atom is -0.497 e. The molecule has 0 atom stereocenters. The van der Waals surface area contributed by atoms with Gasteiger partial charge in [0.25, 0.3) is 0 Å². The van der Waals surface area contributed by atoms with Crippen molar-refractivity contribution in [3.8, 4) is 17.2 Å². The lowest BCUT2D eigenvalue weighted by Gasteiger charge is -2.03. The van der Waals surface area contributed by atoms with Gasteiger partial charge in [-0.2, -0.15) is 0 Å². The summed E-state index contributed by atoms with van der Waals surface area (Å²) in [5.74, 6) is 1.35. The van der Waals surface area contributed by atoms with Gasteiger partial charge in [-0.25, -0.2) is 4.98 Å². The van der Waals surface area contributed by atoms with Crippen molar-refractivity contribution in [2.45, 2.75) is 6.42 Å². The first-order valence-corrected chi connectivity index (χ1v) is 8.96. The van der Waals surface area contributed by atoms with Crippen LogP contribution in [0.5, 0.6) is 5.75 Å². The number of carbonyl (C=O) groups excluding carboxylic acids is 1. The van der Waals surface area contributed by atoms with Crippen LogP contribution in [0, 0.1) is 0 Å². The highest BCUT2D eigenvalue weighted by Gasteiger charge is 2.12. The molecule has 4 rings (SSSR count). The van der Waals surface area contributed by atoms with E-state index < -0.39 is 0 Å². The molecule has 0 aliphatic rings. The molecule has 4 aromatic rings. The molecule has 0 unspecified atom stereocenters. The fourth-order valence-electron chi connectivity index (χ4n) is 2.64. The number of aromatic nitrogens is 1. The van der Waals surface area contributed by atoms with E-state index in [2.05, 4.69) is 10.3 Å². The second-order valence-electron chi connectivity index (χ2n) is 5.76. The van der Waals surface area contributed by atoms with Crippen LogP contribution in [0.1, 0.15) is 5.56 Å². The van der Waals surface area contributed by atoms with Crippen LogP contribution >= 0.6 is 11.3 Å². The van der Waals surface area contributed by atoms with Crippen molar-refractivity contribution >= 4 is 33.3 Å². The predicted molar refractivity (Wildman–Crippen MR) is 103 cm³/mol. The zero-order valence-electron chi connectivity index (χ0n) is 14.1. The van der Waals surface area contributed by atoms with Gasteiger partial charge < -0.3 is 14.5 Å². The van der Waals surface area contributed by atoms with Crippen LogP contribution in [0.25, 0.3) is 22.4 Å². The largest absolute Gasteiger partial charge is 0.497 e. The van der Waals surface area contributed by atoms with E-state index in [1.807, 2.05) is 60.0 Å². The van der Waals surface area contributed by atoms with E-state index in [4.69, 9.17) is 9.15 Å². The summed E-state index contributed by atoms with van der Waals surface area (Å²) in [6, 6.07) is 17.2. The molecule has 5 nitrogen and oxygen atoms in total. The van der Waals surface area contributed by atoms with E-state index in [0.29, 0.717) is 16.6 Å². The minimum absolute atomic E-state index is 0.110. The van der Waals surface area contributed by atoms with Gasteiger partial charge in [-0.05, 0) is 29.8 Å². The Morgan fingerprint density at radius 2 is 2.00 bits per heavy atom. The second kappa shape index (κ2) is 7.01. The Bertz CT molecular complexity index is 1020. The van der Waals surface area contributed by atoms with Gasteiger partial charge in [0.2, 0.25) is 5.91 Å². The molecule has 0 spiro atoms. The molecule has 1 amide bonds. The van der Waals surface area contributed by atoms with E-state index >= 15 is 0 Å². The lowest BCUT2D eigenvalue weighted by molar-refractivity contribution is -0.115. The number of methoxy groups -OCH3 is 1. The Labute approximate surface area is 154 Å². The third-order valence-electron chi connectivity index (χ3n) is 3.95. The molecule has 6 heteroatoms. The lowest BCUT2D eigenvalue weighted by atomic mass is 10.1. The van der Waals surface area contributed by atoms with Crippen molar-refractivity contribution in [3.63, 3.8) is 0 Å². The molecule has 0 aliphatic carbocycles. The van der Waals surface area contributed by atoms with E-state index in [1.54, 1.807) is 7.11 Å². The number of nitrogens with zero attached hydrogens (tertiary/aromatic N) is 1. The summed E-state index contributed by atoms with van der Waals surface area (Å²) in [6.45, 7) is 0. The number of amides is 1. The Kier molecular flexibility index (Phi) is 4.41. The molecule has 2 aromatic carbocycles. The van der Waals surface area contributed by atoms with Crippen LogP contribution in [0.4, 0.5) is 5.13 Å². The Morgan fingerprint density at radius 1 is 1.19 bits per heavy atom. The number of fused-ring (bicyclic) bond motifs is 1. The molecule has 0 bridgehead atoms. The molecule has 2 aromatic heterocycles. The molecule has 26 heavy (non-hydrogen) atoms. The highest BCUT2D eigenvalue weighted by atomic mass is 32.1. The zero-order valence-corrected chi connectivity index (χ0v) is 14.9. The summed E-state index contributed by atoms with van der Waals surface area (Å²) in [4.78, 5) is 16.7. The first kappa shape index (κ1) is 16.4. The third kappa shape index (κ3) is 3.45. The third-order valence-corrected chi connectivity index (χ3v) is 4.71. The number of anilines is 1. The van der Waals surface area contributed by atoms with Gasteiger partial charge in [0.05, 0.1) is 13.5 Å². The molecule has 130 valence electrons. The number of hydrogen-bond donors (Lipinski definition) is 1. The minimum atomic E-state index is -0.110. The number of nitrogens with one attached hydrogen (secondary N) is 1. The van der Waals surface area contributed by atoms with Gasteiger partial charge in [-0.1, -0.05) is 30.3 Å². The fourth-order valence-corrected chi connectivity index (χ4v) is 3.36. The van der Waals surface area contributed by atoms with Crippen LogP contribution in [0.15, 0.2) is 64.4 Å². The van der Waals surface area contributed by atoms with Gasteiger partial charge in [-0.15, -0.1) is 11.3 Å². The number of hydrogen-bond acceptors (Lipinski definition) is 5. The number of benzene rings is 2. The quantitative estimate of drug-likeness (QED) is 0.555. The topological polar surface area (TPSA) is 64.4 Å². The summed E-state index contributed by atoms with van der Waals surface area (Å²) in [5.41, 5.74) is 2.45. The smallest absolute Gasteiger partial charge is 0.230 e. The van der Waals surface area contributed by atoms with Crippen molar-refractivity contribution in [2.24, 2.45) is 0 Å². The van der Waals surface area contributed by atoms with E-state index in [0.717, 1.165) is 22.3 Å². The summed E-state index contributed by atoms with van der Waals surface area (Å²) >= 11 is 1.38. The number of ether oxygens (including phenoxy) is 1. The van der Waals surface area contributed by atoms with Crippen LogP contribution in [-0.2, 0) is 11.2 Å². The van der Waals surface area contributed by atoms with Crippen LogP contribution in [0.2, 0.25) is 0 Å². The monoisotopic (exact) mass is 364 g/mol. The average Bonchev–Trinajstić information content (AvgIpc) is 3.28. The molecule has 0 saturated heterocycles. The maximum Gasteiger partial charge on any atom is 0.230 e. The molecule has 0 aliphatic heterocycles. The summed E-state index contributed by atoms with van der Waals surface area (Å²) < 4.78 is 10.9. The lowest BCUT2D eigenvalue weighted by Crippen LogP contribution is -2.14. The van der Waals surface area contributed by atoms with E-state index in [-0.39, 0.29) is 12.3 Å². The van der Waals surface area contributed by atoms with E-state index in [9.17, 15) is 4.79 Å². The second-order valence-corrected chi connectivity index (χ2v) is 6.62. The predicted octanol–water partition coefficient (Wildman–Crippen LogP) is 4.75. The molecule has 1 N–H and O–H groups in total. The van der Waals surface area contributed by atoms with Crippen molar-refractivity contribution in [1.82, 2.24) is 4.98 Å². The van der Waals surface area contributed by atoms with Crippen LogP contribution in [-0.4, -0.2) is 18.0 Å². The normalized spacial score (nSPS) is 10.8. The summed E-state index contributed by atoms with van der Waals surface area (Å²) in [7, 11) is 1.61. The Balaban J connectivity index is 1.44. The van der Waals surface area contributed by atoms with Gasteiger partial charge in [0, 0.05) is 10.8 Å². The number of para-hydroxylation sites is 1. The SMILES string of the molecule is COc1ccc(CC(=O)Nc2nc(-c3cc4ccccc4o3)cs2)cc1. The molecule has 0 fully saturated rings. The van der Waals surface area contributed by atoms with Crippen molar-refractivity contribution in [1.29, 1.82) is 0 Å². The van der Waals surface area contributed by atoms with Gasteiger partial charge in [0.15, 0.2) is 10.9 Å². The summed E-state index contributed by atoms with van der Waals surface area (Å²) in [6.07, 6.45) is 0.281. The average molecular weight is 364 g/mol. The number of rotatable bonds is 5. The molecule has 0 saturated carbocycles. The maximum absolute atomic E-state index is 12.2. The zero-order chi connectivity index (χ0) is 17.9. The Morgan fingerprint density at radius 3 is 2.77 bits per heavy atom. The van der Waals surface area contributed by atoms with Crippen molar-refractivity contribution < 1.29 is 13.9 Å². The van der Waals surface area contributed by atoms with Crippen molar-refractivity contribution in [2.75, 3.05) is 12.4 Å². The standard InChI is InChI=1S/C20H16N2O3S/c1-24-15-8-6-13(7-9-15)10-19(23)22-20-21-16(12-26-20)18-11-14-4-2-3-5-17(14)25-18/h2-9,11-12H,10H2,1H3,(H,21,22,23). The van der Waals surface area contributed by atoms with Crippen LogP contribution < -0.4 is 10.1 Å². The fraction of sp³-hybridized carbons (Fsp3) is 0.100. The van der Waals surface area contributed by atoms with E-state index in [1.165, 1.54) is 11.3 Å². The number of carbonyl (C=O) groups is 1. The van der Waals surface area contributed by atoms with Gasteiger partial charge in [0.1, 0.15) is 17.0 Å². The number of thiazole rings is 1. The van der Waals surface area contributed by atoms with Gasteiger partial charge >= 0.3 is 0 Å². The molecule has 2 heterocycles. The first-order chi connectivity index (χ1) is 12.7. The molecule has 0 radical (unpaired) electrons. The first-order valence-electron chi connectivity index (χ1n) is 8.08. The molecular formula is C20H16N2O3S. The Hall–Kier alpha value is -3.12.